The van der Waals surface area contributed by atoms with Crippen LogP contribution in [0.2, 0.25) is 0 Å². The lowest BCUT2D eigenvalue weighted by molar-refractivity contribution is 0.0938. The Morgan fingerprint density at radius 1 is 1.58 bits per heavy atom. The highest BCUT2D eigenvalue weighted by Gasteiger charge is 2.21. The number of rotatable bonds is 2. The Hall–Kier alpha value is -1.83. The van der Waals surface area contributed by atoms with Crippen molar-refractivity contribution in [1.29, 1.82) is 0 Å². The van der Waals surface area contributed by atoms with Gasteiger partial charge in [0.05, 0.1) is 0 Å². The molecule has 0 aromatic heterocycles. The summed E-state index contributed by atoms with van der Waals surface area (Å²) in [6.45, 7) is 1.74. The summed E-state index contributed by atoms with van der Waals surface area (Å²) in [5, 5.41) is 11.7. The topological polar surface area (TPSA) is 52.6 Å². The molecule has 19 heavy (non-hydrogen) atoms. The monoisotopic (exact) mass is 258 g/mol. The Morgan fingerprint density at radius 2 is 2.42 bits per heavy atom. The molecule has 0 radical (unpaired) electrons. The lowest BCUT2D eigenvalue weighted by atomic mass is 10.1. The molecule has 2 N–H and O–H groups in total. The zero-order valence-corrected chi connectivity index (χ0v) is 11.0. The fourth-order valence-electron chi connectivity index (χ4n) is 2.20. The highest BCUT2D eigenvalue weighted by Crippen LogP contribution is 2.09. The molecule has 1 heterocycles. The molecule has 1 atom stereocenters. The molecular weight excluding hydrogens is 240 g/mol. The number of hydrogen-bond donors (Lipinski definition) is 2. The highest BCUT2D eigenvalue weighted by molar-refractivity contribution is 5.94. The Kier molecular flexibility index (Phi) is 4.56. The number of carbonyl (C=O) groups excluding carboxylic acids is 1. The lowest BCUT2D eigenvalue weighted by Crippen LogP contribution is -2.36. The number of aliphatic hydroxyl groups excluding tert-OH is 1. The standard InChI is InChI=1S/C15H18N2O2/c1-17-8-7-14(11-17)16-15(19)13-6-2-4-12(10-13)5-3-9-18/h2,4,6,10,14,18H,7-9,11H2,1H3,(H,16,19). The van der Waals surface area contributed by atoms with Crippen molar-refractivity contribution in [3.63, 3.8) is 0 Å². The summed E-state index contributed by atoms with van der Waals surface area (Å²) in [7, 11) is 2.05. The molecule has 1 saturated heterocycles. The number of nitrogens with one attached hydrogen (secondary N) is 1. The molecule has 1 aliphatic rings. The molecule has 2 rings (SSSR count). The van der Waals surface area contributed by atoms with Crippen molar-refractivity contribution in [1.82, 2.24) is 10.2 Å². The van der Waals surface area contributed by atoms with Crippen LogP contribution in [0.3, 0.4) is 0 Å². The van der Waals surface area contributed by atoms with Gasteiger partial charge in [-0.15, -0.1) is 0 Å². The summed E-state index contributed by atoms with van der Waals surface area (Å²) >= 11 is 0. The van der Waals surface area contributed by atoms with Crippen molar-refractivity contribution >= 4 is 5.91 Å². The summed E-state index contributed by atoms with van der Waals surface area (Å²) in [6.07, 6.45) is 0.992. The zero-order chi connectivity index (χ0) is 13.7. The van der Waals surface area contributed by atoms with Gasteiger partial charge in [0.1, 0.15) is 6.61 Å². The largest absolute Gasteiger partial charge is 0.384 e. The molecule has 0 spiro atoms. The quantitative estimate of drug-likeness (QED) is 0.758. The number of amides is 1. The van der Waals surface area contributed by atoms with Gasteiger partial charge in [-0.3, -0.25) is 4.79 Å². The smallest absolute Gasteiger partial charge is 0.251 e. The first kappa shape index (κ1) is 13.6. The van der Waals surface area contributed by atoms with E-state index in [0.29, 0.717) is 5.56 Å². The van der Waals surface area contributed by atoms with Gasteiger partial charge in [0, 0.05) is 23.7 Å². The first-order valence-electron chi connectivity index (χ1n) is 6.38. The van der Waals surface area contributed by atoms with E-state index >= 15 is 0 Å². The number of hydrogen-bond acceptors (Lipinski definition) is 3. The summed E-state index contributed by atoms with van der Waals surface area (Å²) in [4.78, 5) is 14.3. The van der Waals surface area contributed by atoms with Crippen LogP contribution >= 0.6 is 0 Å². The third kappa shape index (κ3) is 3.82. The van der Waals surface area contributed by atoms with E-state index in [1.807, 2.05) is 6.07 Å². The number of aliphatic hydroxyl groups is 1. The van der Waals surface area contributed by atoms with Crippen LogP contribution in [0, 0.1) is 11.8 Å². The zero-order valence-electron chi connectivity index (χ0n) is 11.0. The van der Waals surface area contributed by atoms with Gasteiger partial charge >= 0.3 is 0 Å². The summed E-state index contributed by atoms with van der Waals surface area (Å²) in [6, 6.07) is 7.37. The van der Waals surface area contributed by atoms with E-state index in [9.17, 15) is 4.79 Å². The normalized spacial score (nSPS) is 18.7. The van der Waals surface area contributed by atoms with Crippen molar-refractivity contribution in [2.45, 2.75) is 12.5 Å². The molecule has 4 heteroatoms. The second-order valence-corrected chi connectivity index (χ2v) is 4.76. The number of nitrogens with zero attached hydrogens (tertiary/aromatic N) is 1. The minimum atomic E-state index is -0.176. The minimum absolute atomic E-state index is 0.0621. The SMILES string of the molecule is CN1CCC(NC(=O)c2cccc(C#CCO)c2)C1. The maximum absolute atomic E-state index is 12.1. The van der Waals surface area contributed by atoms with Gasteiger partial charge in [-0.2, -0.15) is 0 Å². The van der Waals surface area contributed by atoms with Crippen LogP contribution < -0.4 is 5.32 Å². The average molecular weight is 258 g/mol. The van der Waals surface area contributed by atoms with Crippen molar-refractivity contribution in [3.05, 3.63) is 35.4 Å². The van der Waals surface area contributed by atoms with Gasteiger partial charge in [-0.25, -0.2) is 0 Å². The van der Waals surface area contributed by atoms with Crippen molar-refractivity contribution in [3.8, 4) is 11.8 Å². The molecule has 0 saturated carbocycles. The van der Waals surface area contributed by atoms with Crippen molar-refractivity contribution in [2.75, 3.05) is 26.7 Å². The second-order valence-electron chi connectivity index (χ2n) is 4.76. The van der Waals surface area contributed by atoms with Crippen LogP contribution in [0.1, 0.15) is 22.3 Å². The molecule has 1 aromatic carbocycles. The van der Waals surface area contributed by atoms with Gasteiger partial charge in [0.25, 0.3) is 5.91 Å². The van der Waals surface area contributed by atoms with Gasteiger partial charge in [-0.05, 0) is 38.2 Å². The van der Waals surface area contributed by atoms with Gasteiger partial charge < -0.3 is 15.3 Å². The predicted octanol–water partition coefficient (Wildman–Crippen LogP) is 0.464. The Bertz CT molecular complexity index is 516. The molecule has 1 aliphatic heterocycles. The molecule has 4 nitrogen and oxygen atoms in total. The molecular formula is C15H18N2O2. The van der Waals surface area contributed by atoms with E-state index in [0.717, 1.165) is 25.1 Å². The molecule has 1 fully saturated rings. The van der Waals surface area contributed by atoms with Crippen LogP contribution in [0.15, 0.2) is 24.3 Å². The van der Waals surface area contributed by atoms with E-state index in [2.05, 4.69) is 29.1 Å². The van der Waals surface area contributed by atoms with Crippen molar-refractivity contribution in [2.24, 2.45) is 0 Å². The van der Waals surface area contributed by atoms with Gasteiger partial charge in [-0.1, -0.05) is 17.9 Å². The number of benzene rings is 1. The summed E-state index contributed by atoms with van der Waals surface area (Å²) in [5.74, 6) is 5.32. The van der Waals surface area contributed by atoms with Crippen LogP contribution in [0.25, 0.3) is 0 Å². The summed E-state index contributed by atoms with van der Waals surface area (Å²) < 4.78 is 0. The summed E-state index contributed by atoms with van der Waals surface area (Å²) in [5.41, 5.74) is 1.35. The lowest BCUT2D eigenvalue weighted by Gasteiger charge is -2.12. The molecule has 0 bridgehead atoms. The van der Waals surface area contributed by atoms with Crippen LogP contribution in [-0.4, -0.2) is 48.7 Å². The molecule has 1 aromatic rings. The first-order valence-corrected chi connectivity index (χ1v) is 6.38. The number of carbonyl (C=O) groups is 1. The number of likely N-dealkylation sites (N-methyl/N-ethyl adjacent to an activating group) is 1. The van der Waals surface area contributed by atoms with Gasteiger partial charge in [0.15, 0.2) is 0 Å². The highest BCUT2D eigenvalue weighted by atomic mass is 16.2. The van der Waals surface area contributed by atoms with E-state index in [4.69, 9.17) is 5.11 Å². The Balaban J connectivity index is 2.02. The van der Waals surface area contributed by atoms with Crippen molar-refractivity contribution < 1.29 is 9.90 Å². The van der Waals surface area contributed by atoms with E-state index in [-0.39, 0.29) is 18.6 Å². The third-order valence-electron chi connectivity index (χ3n) is 3.16. The second kappa shape index (κ2) is 6.37. The van der Waals surface area contributed by atoms with E-state index < -0.39 is 0 Å². The number of likely N-dealkylation sites (tertiary alicyclic amines) is 1. The fourth-order valence-corrected chi connectivity index (χ4v) is 2.20. The molecule has 1 amide bonds. The van der Waals surface area contributed by atoms with Crippen LogP contribution in [0.5, 0.6) is 0 Å². The first-order chi connectivity index (χ1) is 9.19. The van der Waals surface area contributed by atoms with Crippen LogP contribution in [0.4, 0.5) is 0 Å². The minimum Gasteiger partial charge on any atom is -0.384 e. The third-order valence-corrected chi connectivity index (χ3v) is 3.16. The predicted molar refractivity (Wildman–Crippen MR) is 73.8 cm³/mol. The Morgan fingerprint density at radius 3 is 3.11 bits per heavy atom. The van der Waals surface area contributed by atoms with Crippen LogP contribution in [-0.2, 0) is 0 Å². The molecule has 1 unspecified atom stereocenters. The van der Waals surface area contributed by atoms with Gasteiger partial charge in [0.2, 0.25) is 0 Å². The molecule has 100 valence electrons. The maximum Gasteiger partial charge on any atom is 0.251 e. The van der Waals surface area contributed by atoms with E-state index in [1.165, 1.54) is 0 Å². The average Bonchev–Trinajstić information content (AvgIpc) is 2.82. The molecule has 0 aliphatic carbocycles. The maximum atomic E-state index is 12.1. The Labute approximate surface area is 113 Å². The fraction of sp³-hybridized carbons (Fsp3) is 0.400. The van der Waals surface area contributed by atoms with E-state index in [1.54, 1.807) is 18.2 Å².